The van der Waals surface area contributed by atoms with E-state index in [4.69, 9.17) is 5.84 Å². The minimum Gasteiger partial charge on any atom is -0.330 e. The lowest BCUT2D eigenvalue weighted by Crippen LogP contribution is -2.12. The second-order valence-electron chi connectivity index (χ2n) is 0.729. The number of hydrogen-bond donors (Lipinski definition) is 2. The molecule has 0 aliphatic heterocycles. The van der Waals surface area contributed by atoms with Crippen molar-refractivity contribution in [3.8, 4) is 0 Å². The van der Waals surface area contributed by atoms with E-state index in [2.05, 4.69) is 10.4 Å². The third kappa shape index (κ3) is 5.90. The summed E-state index contributed by atoms with van der Waals surface area (Å²) in [5.41, 5.74) is 2.30. The van der Waals surface area contributed by atoms with Gasteiger partial charge in [-0.15, -0.1) is 0 Å². The van der Waals surface area contributed by atoms with E-state index in [9.17, 15) is 0 Å². The quantitative estimate of drug-likeness (QED) is 0.300. The number of nitrogens with zero attached hydrogens (tertiary/aromatic N) is 1. The molecule has 0 saturated heterocycles. The molecule has 0 aliphatic rings. The molecule has 0 aromatic carbocycles. The summed E-state index contributed by atoms with van der Waals surface area (Å²) in [6.45, 7) is 0. The van der Waals surface area contributed by atoms with Crippen LogP contribution >= 0.6 is 22.6 Å². The highest BCUT2D eigenvalue weighted by molar-refractivity contribution is 14.1. The zero-order chi connectivity index (χ0) is 5.54. The lowest BCUT2D eigenvalue weighted by atomic mass is 10.9. The predicted molar refractivity (Wildman–Crippen MR) is 39.0 cm³/mol. The van der Waals surface area contributed by atoms with Crippen LogP contribution in [0.5, 0.6) is 0 Å². The van der Waals surface area contributed by atoms with Crippen LogP contribution in [0.25, 0.3) is 0 Å². The Hall–Kier alpha value is -0.100. The third-order valence-corrected chi connectivity index (χ3v) is 0.635. The number of rotatable bonds is 2. The van der Waals surface area contributed by atoms with Gasteiger partial charge in [0.2, 0.25) is 0 Å². The van der Waals surface area contributed by atoms with E-state index < -0.39 is 0 Å². The van der Waals surface area contributed by atoms with Gasteiger partial charge in [-0.3, -0.25) is 10.8 Å². The van der Waals surface area contributed by atoms with E-state index >= 15 is 0 Å². The van der Waals surface area contributed by atoms with Gasteiger partial charge in [-0.25, -0.2) is 0 Å². The molecule has 0 fully saturated rings. The van der Waals surface area contributed by atoms with Crippen LogP contribution in [0.2, 0.25) is 0 Å². The first-order valence-corrected chi connectivity index (χ1v) is 2.89. The number of hydrazine groups is 1. The molecular weight excluding hydrogens is 205 g/mol. The lowest BCUT2D eigenvalue weighted by molar-refractivity contribution is 0.964. The molecule has 0 unspecified atom stereocenters. The van der Waals surface area contributed by atoms with Crippen LogP contribution in [-0.4, -0.2) is 4.22 Å². The SMILES string of the molecule is NN/C=C\N=C/I. The summed E-state index contributed by atoms with van der Waals surface area (Å²) >= 11 is 2.02. The molecule has 0 amide bonds. The average molecular weight is 211 g/mol. The third-order valence-electron chi connectivity index (χ3n) is 0.313. The Bertz CT molecular complexity index is 78.2. The zero-order valence-electron chi connectivity index (χ0n) is 3.63. The molecule has 0 radical (unpaired) electrons. The zero-order valence-corrected chi connectivity index (χ0v) is 5.79. The fraction of sp³-hybridized carbons (Fsp3) is 0. The minimum absolute atomic E-state index is 1.54. The molecule has 3 nitrogen and oxygen atoms in total. The second kappa shape index (κ2) is 5.90. The van der Waals surface area contributed by atoms with E-state index in [0.29, 0.717) is 0 Å². The maximum atomic E-state index is 4.86. The van der Waals surface area contributed by atoms with Crippen molar-refractivity contribution in [1.29, 1.82) is 0 Å². The molecule has 0 saturated carbocycles. The van der Waals surface area contributed by atoms with Gasteiger partial charge in [-0.05, 0) is 22.6 Å². The van der Waals surface area contributed by atoms with Crippen molar-refractivity contribution in [3.05, 3.63) is 12.4 Å². The lowest BCUT2D eigenvalue weighted by Gasteiger charge is -1.77. The normalized spacial score (nSPS) is 11.1. The Morgan fingerprint density at radius 3 is 2.86 bits per heavy atom. The molecule has 0 aromatic rings. The highest BCUT2D eigenvalue weighted by Crippen LogP contribution is 1.72. The van der Waals surface area contributed by atoms with Crippen molar-refractivity contribution >= 4 is 26.8 Å². The molecule has 0 spiro atoms. The molecule has 4 heteroatoms. The number of hydrogen-bond acceptors (Lipinski definition) is 3. The van der Waals surface area contributed by atoms with Gasteiger partial charge < -0.3 is 5.43 Å². The van der Waals surface area contributed by atoms with Gasteiger partial charge in [0, 0.05) is 12.4 Å². The summed E-state index contributed by atoms with van der Waals surface area (Å²) in [7, 11) is 0. The topological polar surface area (TPSA) is 50.4 Å². The van der Waals surface area contributed by atoms with Crippen LogP contribution in [0.15, 0.2) is 17.4 Å². The molecule has 7 heavy (non-hydrogen) atoms. The maximum Gasteiger partial charge on any atom is 0.0651 e. The standard InChI is InChI=1S/C3H6IN3/c4-3-6-1-2-7-5/h1-3,7H,5H2/b2-1-,6-3-. The molecule has 0 aromatic heterocycles. The van der Waals surface area contributed by atoms with Crippen molar-refractivity contribution in [2.45, 2.75) is 0 Å². The van der Waals surface area contributed by atoms with Gasteiger partial charge in [-0.1, -0.05) is 0 Å². The van der Waals surface area contributed by atoms with Crippen molar-refractivity contribution in [2.75, 3.05) is 0 Å². The summed E-state index contributed by atoms with van der Waals surface area (Å²) in [4.78, 5) is 3.70. The Labute approximate surface area is 55.8 Å². The Morgan fingerprint density at radius 2 is 2.43 bits per heavy atom. The molecule has 40 valence electrons. The largest absolute Gasteiger partial charge is 0.330 e. The van der Waals surface area contributed by atoms with Crippen molar-refractivity contribution < 1.29 is 0 Å². The monoisotopic (exact) mass is 211 g/mol. The van der Waals surface area contributed by atoms with Gasteiger partial charge in [0.05, 0.1) is 4.22 Å². The van der Waals surface area contributed by atoms with Crippen LogP contribution in [0.1, 0.15) is 0 Å². The fourth-order valence-corrected chi connectivity index (χ4v) is 0.304. The maximum absolute atomic E-state index is 4.86. The first-order chi connectivity index (χ1) is 3.41. The summed E-state index contributed by atoms with van der Waals surface area (Å²) < 4.78 is 1.64. The predicted octanol–water partition coefficient (Wildman–Crippen LogP) is 0.384. The first-order valence-electron chi connectivity index (χ1n) is 1.65. The van der Waals surface area contributed by atoms with Crippen molar-refractivity contribution in [2.24, 2.45) is 10.8 Å². The molecule has 0 heterocycles. The van der Waals surface area contributed by atoms with Gasteiger partial charge >= 0.3 is 0 Å². The summed E-state index contributed by atoms with van der Waals surface area (Å²) in [5.74, 6) is 4.86. The van der Waals surface area contributed by atoms with E-state index in [0.717, 1.165) is 0 Å². The molecule has 0 atom stereocenters. The molecule has 3 N–H and O–H groups in total. The number of nitrogens with one attached hydrogen (secondary N) is 1. The Morgan fingerprint density at radius 1 is 1.71 bits per heavy atom. The summed E-state index contributed by atoms with van der Waals surface area (Å²) in [6.07, 6.45) is 3.10. The second-order valence-corrected chi connectivity index (χ2v) is 1.29. The van der Waals surface area contributed by atoms with Crippen LogP contribution in [0.3, 0.4) is 0 Å². The van der Waals surface area contributed by atoms with E-state index in [1.807, 2.05) is 22.6 Å². The Kier molecular flexibility index (Phi) is 5.82. The first kappa shape index (κ1) is 6.90. The van der Waals surface area contributed by atoms with E-state index in [-0.39, 0.29) is 0 Å². The van der Waals surface area contributed by atoms with Gasteiger partial charge in [0.15, 0.2) is 0 Å². The van der Waals surface area contributed by atoms with Crippen molar-refractivity contribution in [3.63, 3.8) is 0 Å². The Balaban J connectivity index is 3.09. The molecular formula is C3H6IN3. The smallest absolute Gasteiger partial charge is 0.0651 e. The number of halogens is 1. The van der Waals surface area contributed by atoms with Crippen LogP contribution in [-0.2, 0) is 0 Å². The van der Waals surface area contributed by atoms with Crippen molar-refractivity contribution in [1.82, 2.24) is 5.43 Å². The highest BCUT2D eigenvalue weighted by Gasteiger charge is 1.55. The van der Waals surface area contributed by atoms with E-state index in [1.54, 1.807) is 10.4 Å². The minimum atomic E-state index is 1.54. The van der Waals surface area contributed by atoms with Gasteiger partial charge in [0.1, 0.15) is 0 Å². The van der Waals surface area contributed by atoms with Gasteiger partial charge in [0.25, 0.3) is 0 Å². The molecule has 0 rings (SSSR count). The van der Waals surface area contributed by atoms with Crippen LogP contribution < -0.4 is 11.3 Å². The average Bonchev–Trinajstić information content (AvgIpc) is 1.69. The van der Waals surface area contributed by atoms with E-state index in [1.165, 1.54) is 6.20 Å². The highest BCUT2D eigenvalue weighted by atomic mass is 127. The van der Waals surface area contributed by atoms with Gasteiger partial charge in [-0.2, -0.15) is 0 Å². The summed E-state index contributed by atoms with van der Waals surface area (Å²) in [6, 6.07) is 0. The molecule has 0 bridgehead atoms. The molecule has 0 aliphatic carbocycles. The fourth-order valence-electron chi connectivity index (χ4n) is 0.119. The van der Waals surface area contributed by atoms with Crippen LogP contribution in [0.4, 0.5) is 0 Å². The number of aliphatic imine (C=N–C) groups is 1. The summed E-state index contributed by atoms with van der Waals surface area (Å²) in [5, 5.41) is 0. The number of nitrogens with two attached hydrogens (primary N) is 1. The van der Waals surface area contributed by atoms with Crippen LogP contribution in [0, 0.1) is 0 Å².